The summed E-state index contributed by atoms with van der Waals surface area (Å²) in [7, 11) is 1.61. The molecule has 25 heavy (non-hydrogen) atoms. The first kappa shape index (κ1) is 19.0. The second-order valence-corrected chi connectivity index (χ2v) is 7.25. The summed E-state index contributed by atoms with van der Waals surface area (Å²) in [6.45, 7) is 8.53. The number of rotatable bonds is 6. The van der Waals surface area contributed by atoms with Crippen molar-refractivity contribution in [2.24, 2.45) is 5.92 Å². The molecule has 1 amide bonds. The van der Waals surface area contributed by atoms with Crippen LogP contribution in [-0.4, -0.2) is 41.1 Å². The minimum Gasteiger partial charge on any atom is -0.494 e. The van der Waals surface area contributed by atoms with Gasteiger partial charge in [0.2, 0.25) is 0 Å². The molecule has 0 aliphatic rings. The maximum atomic E-state index is 12.4. The molecule has 1 heterocycles. The maximum Gasteiger partial charge on any atom is 0.271 e. The molecule has 1 atom stereocenters. The van der Waals surface area contributed by atoms with Gasteiger partial charge in [-0.05, 0) is 24.1 Å². The number of carbonyl (C=O) groups excluding carboxylic acids is 1. The van der Waals surface area contributed by atoms with Gasteiger partial charge in [0.25, 0.3) is 5.91 Å². The van der Waals surface area contributed by atoms with E-state index in [1.807, 2.05) is 37.3 Å². The van der Waals surface area contributed by atoms with Gasteiger partial charge >= 0.3 is 0 Å². The highest BCUT2D eigenvalue weighted by Crippen LogP contribution is 2.30. The first-order chi connectivity index (χ1) is 11.8. The number of nitrogens with zero attached hydrogens (tertiary/aromatic N) is 2. The molecule has 0 saturated carbocycles. The number of amides is 1. The minimum atomic E-state index is -0.251. The predicted octanol–water partition coefficient (Wildman–Crippen LogP) is 2.54. The summed E-state index contributed by atoms with van der Waals surface area (Å²) in [5.74, 6) is 0.443. The normalized spacial score (nSPS) is 12.7. The predicted molar refractivity (Wildman–Crippen MR) is 97.4 cm³/mol. The highest BCUT2D eigenvalue weighted by atomic mass is 16.5. The Morgan fingerprint density at radius 1 is 1.36 bits per heavy atom. The van der Waals surface area contributed by atoms with E-state index in [1.165, 1.54) is 0 Å². The van der Waals surface area contributed by atoms with Crippen LogP contribution in [0.1, 0.15) is 43.9 Å². The van der Waals surface area contributed by atoms with Gasteiger partial charge in [-0.2, -0.15) is 5.10 Å². The summed E-state index contributed by atoms with van der Waals surface area (Å²) in [5.41, 5.74) is 1.85. The third-order valence-corrected chi connectivity index (χ3v) is 3.95. The highest BCUT2D eigenvalue weighted by Gasteiger charge is 2.25. The van der Waals surface area contributed by atoms with Crippen molar-refractivity contribution in [3.63, 3.8) is 0 Å². The molecule has 0 spiro atoms. The Morgan fingerprint density at radius 2 is 2.04 bits per heavy atom. The van der Waals surface area contributed by atoms with E-state index in [-0.39, 0.29) is 23.8 Å². The van der Waals surface area contributed by atoms with Crippen LogP contribution in [0.4, 0.5) is 0 Å². The molecule has 1 aromatic carbocycles. The molecule has 6 heteroatoms. The van der Waals surface area contributed by atoms with E-state index in [4.69, 9.17) is 9.84 Å². The summed E-state index contributed by atoms with van der Waals surface area (Å²) < 4.78 is 7.21. The van der Waals surface area contributed by atoms with Crippen LogP contribution in [0.3, 0.4) is 0 Å². The molecular formula is C19H27N3O3. The summed E-state index contributed by atoms with van der Waals surface area (Å²) in [4.78, 5) is 12.4. The highest BCUT2D eigenvalue weighted by molar-refractivity contribution is 5.92. The van der Waals surface area contributed by atoms with Gasteiger partial charge in [-0.15, -0.1) is 0 Å². The average Bonchev–Trinajstić information content (AvgIpc) is 3.04. The maximum absolute atomic E-state index is 12.4. The van der Waals surface area contributed by atoms with Gasteiger partial charge in [-0.25, -0.2) is 4.68 Å². The third-order valence-electron chi connectivity index (χ3n) is 3.95. The topological polar surface area (TPSA) is 76.4 Å². The summed E-state index contributed by atoms with van der Waals surface area (Å²) >= 11 is 0. The molecule has 0 aliphatic heterocycles. The lowest BCUT2D eigenvalue weighted by molar-refractivity contribution is 0.0937. The number of hydrogen-bond donors (Lipinski definition) is 2. The number of para-hydroxylation sites is 2. The van der Waals surface area contributed by atoms with Crippen LogP contribution < -0.4 is 10.1 Å². The Hall–Kier alpha value is -2.34. The van der Waals surface area contributed by atoms with Crippen molar-refractivity contribution >= 4 is 5.91 Å². The number of aromatic nitrogens is 2. The molecule has 1 unspecified atom stereocenters. The van der Waals surface area contributed by atoms with Crippen molar-refractivity contribution in [2.45, 2.75) is 33.1 Å². The van der Waals surface area contributed by atoms with Gasteiger partial charge in [0, 0.05) is 18.6 Å². The average molecular weight is 345 g/mol. The third kappa shape index (κ3) is 4.39. The van der Waals surface area contributed by atoms with E-state index in [0.717, 1.165) is 11.4 Å². The van der Waals surface area contributed by atoms with E-state index < -0.39 is 0 Å². The summed E-state index contributed by atoms with van der Waals surface area (Å²) in [6.07, 6.45) is 0. The first-order valence-electron chi connectivity index (χ1n) is 8.41. The van der Waals surface area contributed by atoms with Crippen LogP contribution >= 0.6 is 0 Å². The minimum absolute atomic E-state index is 0.00217. The zero-order valence-corrected chi connectivity index (χ0v) is 15.5. The monoisotopic (exact) mass is 345 g/mol. The van der Waals surface area contributed by atoms with Crippen LogP contribution in [0.2, 0.25) is 0 Å². The Morgan fingerprint density at radius 3 is 2.64 bits per heavy atom. The van der Waals surface area contributed by atoms with Crippen molar-refractivity contribution in [1.29, 1.82) is 0 Å². The lowest BCUT2D eigenvalue weighted by atomic mass is 9.91. The SMILES string of the molecule is COc1ccccc1-n1nc(C(=O)NCC(C)CO)cc1C(C)(C)C. The van der Waals surface area contributed by atoms with Crippen molar-refractivity contribution in [3.8, 4) is 11.4 Å². The number of aliphatic hydroxyl groups is 1. The van der Waals surface area contributed by atoms with Gasteiger partial charge in [0.05, 0.1) is 12.8 Å². The molecule has 136 valence electrons. The fourth-order valence-electron chi connectivity index (χ4n) is 2.44. The Balaban J connectivity index is 2.43. The lowest BCUT2D eigenvalue weighted by Gasteiger charge is -2.21. The number of aliphatic hydroxyl groups excluding tert-OH is 1. The molecule has 0 aliphatic carbocycles. The van der Waals surface area contributed by atoms with Gasteiger partial charge in [0.1, 0.15) is 11.4 Å². The standard InChI is InChI=1S/C19H27N3O3/c1-13(12-23)11-20-18(24)14-10-17(19(2,3)4)22(21-14)15-8-6-7-9-16(15)25-5/h6-10,13,23H,11-12H2,1-5H3,(H,20,24). The molecular weight excluding hydrogens is 318 g/mol. The van der Waals surface area contributed by atoms with E-state index in [1.54, 1.807) is 11.8 Å². The second kappa shape index (κ2) is 7.70. The Labute approximate surface area is 148 Å². The number of hydrogen-bond acceptors (Lipinski definition) is 4. The first-order valence-corrected chi connectivity index (χ1v) is 8.41. The molecule has 6 nitrogen and oxygen atoms in total. The number of benzene rings is 1. The van der Waals surface area contributed by atoms with Crippen LogP contribution in [-0.2, 0) is 5.41 Å². The van der Waals surface area contributed by atoms with Crippen LogP contribution in [0.15, 0.2) is 30.3 Å². The Kier molecular flexibility index (Phi) is 5.85. The van der Waals surface area contributed by atoms with E-state index in [0.29, 0.717) is 18.0 Å². The van der Waals surface area contributed by atoms with Gasteiger partial charge in [-0.1, -0.05) is 39.8 Å². The van der Waals surface area contributed by atoms with Gasteiger partial charge in [-0.3, -0.25) is 4.79 Å². The number of ether oxygens (including phenoxy) is 1. The summed E-state index contributed by atoms with van der Waals surface area (Å²) in [5, 5.41) is 16.4. The second-order valence-electron chi connectivity index (χ2n) is 7.25. The van der Waals surface area contributed by atoms with Crippen LogP contribution in [0.25, 0.3) is 5.69 Å². The molecule has 2 N–H and O–H groups in total. The van der Waals surface area contributed by atoms with E-state index >= 15 is 0 Å². The zero-order valence-electron chi connectivity index (χ0n) is 15.5. The van der Waals surface area contributed by atoms with Crippen LogP contribution in [0.5, 0.6) is 5.75 Å². The van der Waals surface area contributed by atoms with Crippen molar-refractivity contribution in [2.75, 3.05) is 20.3 Å². The summed E-state index contributed by atoms with van der Waals surface area (Å²) in [6, 6.07) is 9.40. The van der Waals surface area contributed by atoms with Crippen LogP contribution in [0, 0.1) is 5.92 Å². The van der Waals surface area contributed by atoms with Crippen molar-refractivity contribution in [1.82, 2.24) is 15.1 Å². The smallest absolute Gasteiger partial charge is 0.271 e. The fraction of sp³-hybridized carbons (Fsp3) is 0.474. The number of methoxy groups -OCH3 is 1. The number of carbonyl (C=O) groups is 1. The van der Waals surface area contributed by atoms with E-state index in [2.05, 4.69) is 31.2 Å². The van der Waals surface area contributed by atoms with Crippen molar-refractivity contribution in [3.05, 3.63) is 41.7 Å². The fourth-order valence-corrected chi connectivity index (χ4v) is 2.44. The lowest BCUT2D eigenvalue weighted by Crippen LogP contribution is -2.29. The van der Waals surface area contributed by atoms with Gasteiger partial charge < -0.3 is 15.2 Å². The number of nitrogens with one attached hydrogen (secondary N) is 1. The van der Waals surface area contributed by atoms with Gasteiger partial charge in [0.15, 0.2) is 5.69 Å². The van der Waals surface area contributed by atoms with E-state index in [9.17, 15) is 4.79 Å². The molecule has 0 bridgehead atoms. The Bertz CT molecular complexity index is 732. The molecule has 0 saturated heterocycles. The molecule has 2 rings (SSSR count). The molecule has 0 radical (unpaired) electrons. The molecule has 0 fully saturated rings. The molecule has 2 aromatic rings. The molecule has 1 aromatic heterocycles. The van der Waals surface area contributed by atoms with Crippen molar-refractivity contribution < 1.29 is 14.6 Å². The quantitative estimate of drug-likeness (QED) is 0.843. The largest absolute Gasteiger partial charge is 0.494 e. The zero-order chi connectivity index (χ0) is 18.6.